The number of Topliss-reactive ketones (excluding diaryl/α,β-unsaturated/α-hetero) is 1. The maximum Gasteiger partial charge on any atom is 0.220 e. The molecule has 4 N–H and O–H groups in total. The number of amides is 1. The van der Waals surface area contributed by atoms with Gasteiger partial charge in [-0.1, -0.05) is 0 Å². The number of nitrogens with one attached hydrogen (secondary N) is 2. The van der Waals surface area contributed by atoms with Crippen LogP contribution in [-0.4, -0.2) is 37.9 Å². The van der Waals surface area contributed by atoms with E-state index in [0.717, 1.165) is 12.8 Å². The van der Waals surface area contributed by atoms with Crippen molar-refractivity contribution >= 4 is 11.7 Å². The molecule has 1 amide bonds. The van der Waals surface area contributed by atoms with Gasteiger partial charge >= 0.3 is 0 Å². The first-order chi connectivity index (χ1) is 7.61. The molecule has 0 heterocycles. The van der Waals surface area contributed by atoms with Crippen LogP contribution in [0.1, 0.15) is 32.6 Å². The molecule has 1 atom stereocenters. The predicted molar refractivity (Wildman–Crippen MR) is 64.1 cm³/mol. The van der Waals surface area contributed by atoms with Crippen molar-refractivity contribution in [1.29, 1.82) is 0 Å². The Morgan fingerprint density at radius 2 is 2.00 bits per heavy atom. The molecule has 0 saturated carbocycles. The van der Waals surface area contributed by atoms with Crippen LogP contribution in [-0.2, 0) is 9.59 Å². The number of hydrogen-bond acceptors (Lipinski definition) is 4. The van der Waals surface area contributed by atoms with E-state index >= 15 is 0 Å². The summed E-state index contributed by atoms with van der Waals surface area (Å²) in [6.07, 6.45) is 2.76. The number of carbonyl (C=O) groups excluding carboxylic acids is 2. The van der Waals surface area contributed by atoms with Crippen molar-refractivity contribution in [2.75, 3.05) is 20.1 Å². The Morgan fingerprint density at radius 1 is 1.31 bits per heavy atom. The molecule has 0 rings (SSSR count). The Kier molecular flexibility index (Phi) is 8.75. The SMILES string of the molecule is CN[C@@H](CCC(=O)NCCCCN)C(C)=O. The van der Waals surface area contributed by atoms with Crippen LogP contribution in [0.4, 0.5) is 0 Å². The lowest BCUT2D eigenvalue weighted by molar-refractivity contribution is -0.122. The van der Waals surface area contributed by atoms with Crippen LogP contribution >= 0.6 is 0 Å². The van der Waals surface area contributed by atoms with Crippen molar-refractivity contribution in [2.24, 2.45) is 5.73 Å². The minimum atomic E-state index is -0.213. The Labute approximate surface area is 97.2 Å². The summed E-state index contributed by atoms with van der Waals surface area (Å²) in [7, 11) is 1.73. The van der Waals surface area contributed by atoms with Crippen molar-refractivity contribution in [3.8, 4) is 0 Å². The molecule has 0 fully saturated rings. The zero-order chi connectivity index (χ0) is 12.4. The lowest BCUT2D eigenvalue weighted by Gasteiger charge is -2.12. The van der Waals surface area contributed by atoms with Gasteiger partial charge in [-0.2, -0.15) is 0 Å². The summed E-state index contributed by atoms with van der Waals surface area (Å²) in [5, 5.41) is 5.69. The highest BCUT2D eigenvalue weighted by atomic mass is 16.1. The van der Waals surface area contributed by atoms with Crippen molar-refractivity contribution in [2.45, 2.75) is 38.6 Å². The summed E-state index contributed by atoms with van der Waals surface area (Å²) in [5.41, 5.74) is 5.34. The number of rotatable bonds is 9. The number of carbonyl (C=O) groups is 2. The summed E-state index contributed by atoms with van der Waals surface area (Å²) in [6.45, 7) is 2.85. The lowest BCUT2D eigenvalue weighted by atomic mass is 10.1. The number of hydrogen-bond donors (Lipinski definition) is 3. The minimum Gasteiger partial charge on any atom is -0.356 e. The topological polar surface area (TPSA) is 84.2 Å². The van der Waals surface area contributed by atoms with Crippen LogP contribution in [0, 0.1) is 0 Å². The molecule has 0 radical (unpaired) electrons. The third kappa shape index (κ3) is 7.36. The smallest absolute Gasteiger partial charge is 0.220 e. The van der Waals surface area contributed by atoms with E-state index in [2.05, 4.69) is 10.6 Å². The van der Waals surface area contributed by atoms with Gasteiger partial charge in [0.15, 0.2) is 0 Å². The maximum atomic E-state index is 11.4. The van der Waals surface area contributed by atoms with Crippen molar-refractivity contribution in [1.82, 2.24) is 10.6 Å². The second-order valence-corrected chi connectivity index (χ2v) is 3.84. The molecule has 0 aromatic heterocycles. The quantitative estimate of drug-likeness (QED) is 0.478. The standard InChI is InChI=1S/C11H23N3O2/c1-9(15)10(13-2)5-6-11(16)14-8-4-3-7-12/h10,13H,3-8,12H2,1-2H3,(H,14,16)/t10-/m0/s1. The Balaban J connectivity index is 3.59. The summed E-state index contributed by atoms with van der Waals surface area (Å²) >= 11 is 0. The Hall–Kier alpha value is -0.940. The van der Waals surface area contributed by atoms with Gasteiger partial charge in [-0.15, -0.1) is 0 Å². The van der Waals surface area contributed by atoms with Gasteiger partial charge < -0.3 is 16.4 Å². The molecule has 0 aromatic carbocycles. The van der Waals surface area contributed by atoms with E-state index in [4.69, 9.17) is 5.73 Å². The normalized spacial score (nSPS) is 12.2. The van der Waals surface area contributed by atoms with E-state index in [0.29, 0.717) is 25.9 Å². The highest BCUT2D eigenvalue weighted by Crippen LogP contribution is 1.98. The average Bonchev–Trinajstić information content (AvgIpc) is 2.25. The van der Waals surface area contributed by atoms with E-state index < -0.39 is 0 Å². The predicted octanol–water partition coefficient (Wildman–Crippen LogP) is -0.201. The molecule has 0 aliphatic rings. The van der Waals surface area contributed by atoms with E-state index in [9.17, 15) is 9.59 Å². The van der Waals surface area contributed by atoms with Crippen molar-refractivity contribution in [3.63, 3.8) is 0 Å². The van der Waals surface area contributed by atoms with Crippen molar-refractivity contribution < 1.29 is 9.59 Å². The summed E-state index contributed by atoms with van der Waals surface area (Å²) in [4.78, 5) is 22.4. The summed E-state index contributed by atoms with van der Waals surface area (Å²) < 4.78 is 0. The molecule has 0 unspecified atom stereocenters. The second-order valence-electron chi connectivity index (χ2n) is 3.84. The first-order valence-corrected chi connectivity index (χ1v) is 5.76. The van der Waals surface area contributed by atoms with Crippen LogP contribution in [0.2, 0.25) is 0 Å². The van der Waals surface area contributed by atoms with Gasteiger partial charge in [0.1, 0.15) is 5.78 Å². The van der Waals surface area contributed by atoms with Gasteiger partial charge in [0.25, 0.3) is 0 Å². The third-order valence-corrected chi connectivity index (χ3v) is 2.45. The highest BCUT2D eigenvalue weighted by molar-refractivity contribution is 5.82. The first-order valence-electron chi connectivity index (χ1n) is 5.76. The minimum absolute atomic E-state index is 0.00137. The molecular weight excluding hydrogens is 206 g/mol. The first kappa shape index (κ1) is 15.1. The van der Waals surface area contributed by atoms with E-state index in [-0.39, 0.29) is 17.7 Å². The molecule has 0 aromatic rings. The molecule has 0 aliphatic heterocycles. The van der Waals surface area contributed by atoms with Crippen LogP contribution in [0.3, 0.4) is 0 Å². The van der Waals surface area contributed by atoms with Crippen LogP contribution in [0.15, 0.2) is 0 Å². The van der Waals surface area contributed by atoms with E-state index in [1.165, 1.54) is 6.92 Å². The summed E-state index contributed by atoms with van der Waals surface area (Å²) in [5.74, 6) is 0.0666. The van der Waals surface area contributed by atoms with Gasteiger partial charge in [0.2, 0.25) is 5.91 Å². The van der Waals surface area contributed by atoms with Gasteiger partial charge in [-0.05, 0) is 39.8 Å². The van der Waals surface area contributed by atoms with Gasteiger partial charge in [0, 0.05) is 13.0 Å². The molecule has 0 saturated heterocycles. The average molecular weight is 229 g/mol. The van der Waals surface area contributed by atoms with Crippen molar-refractivity contribution in [3.05, 3.63) is 0 Å². The fraction of sp³-hybridized carbons (Fsp3) is 0.818. The molecule has 5 nitrogen and oxygen atoms in total. The maximum absolute atomic E-state index is 11.4. The number of likely N-dealkylation sites (N-methyl/N-ethyl adjacent to an activating group) is 1. The van der Waals surface area contributed by atoms with Gasteiger partial charge in [0.05, 0.1) is 6.04 Å². The second kappa shape index (κ2) is 9.30. The molecule has 0 aliphatic carbocycles. The fourth-order valence-corrected chi connectivity index (χ4v) is 1.41. The van der Waals surface area contributed by atoms with E-state index in [1.54, 1.807) is 7.05 Å². The Morgan fingerprint density at radius 3 is 2.50 bits per heavy atom. The lowest BCUT2D eigenvalue weighted by Crippen LogP contribution is -2.34. The molecule has 94 valence electrons. The number of unbranched alkanes of at least 4 members (excludes halogenated alkanes) is 1. The zero-order valence-corrected chi connectivity index (χ0v) is 10.2. The molecule has 0 spiro atoms. The van der Waals surface area contributed by atoms with Gasteiger partial charge in [-0.3, -0.25) is 9.59 Å². The molecule has 0 bridgehead atoms. The Bertz CT molecular complexity index is 219. The van der Waals surface area contributed by atoms with Crippen LogP contribution < -0.4 is 16.4 Å². The third-order valence-electron chi connectivity index (χ3n) is 2.45. The van der Waals surface area contributed by atoms with Gasteiger partial charge in [-0.25, -0.2) is 0 Å². The number of ketones is 1. The fourth-order valence-electron chi connectivity index (χ4n) is 1.41. The zero-order valence-electron chi connectivity index (χ0n) is 10.2. The van der Waals surface area contributed by atoms with E-state index in [1.807, 2.05) is 0 Å². The molecule has 5 heteroatoms. The van der Waals surface area contributed by atoms with Crippen LogP contribution in [0.25, 0.3) is 0 Å². The highest BCUT2D eigenvalue weighted by Gasteiger charge is 2.12. The summed E-state index contributed by atoms with van der Waals surface area (Å²) in [6, 6.07) is -0.213. The monoisotopic (exact) mass is 229 g/mol. The van der Waals surface area contributed by atoms with Crippen LogP contribution in [0.5, 0.6) is 0 Å². The molecular formula is C11H23N3O2. The largest absolute Gasteiger partial charge is 0.356 e. The number of nitrogens with two attached hydrogens (primary N) is 1. The molecule has 16 heavy (non-hydrogen) atoms.